The molecule has 1 aromatic heterocycles. The number of fused-ring (bicyclic) bond motifs is 1. The largest absolute Gasteiger partial charge is 0.377 e. The maximum atomic E-state index is 6.23. The Morgan fingerprint density at radius 3 is 2.55 bits per heavy atom. The van der Waals surface area contributed by atoms with E-state index in [4.69, 9.17) is 22.3 Å². The molecule has 2 N–H and O–H groups in total. The number of rotatable bonds is 4. The van der Waals surface area contributed by atoms with Crippen molar-refractivity contribution in [2.24, 2.45) is 5.73 Å². The monoisotopic (exact) mass is 291 g/mol. The van der Waals surface area contributed by atoms with Gasteiger partial charge in [0.05, 0.1) is 11.2 Å². The van der Waals surface area contributed by atoms with Crippen LogP contribution in [0, 0.1) is 13.8 Å². The first-order chi connectivity index (χ1) is 9.45. The van der Waals surface area contributed by atoms with Crippen LogP contribution in [0.2, 0.25) is 5.02 Å². The van der Waals surface area contributed by atoms with Crippen molar-refractivity contribution in [2.45, 2.75) is 26.7 Å². The SMILES string of the molecule is Cc1nc2c(C)cc(Cl)cc2c(N(C)C)c1CCCN. The molecule has 20 heavy (non-hydrogen) atoms. The number of aromatic nitrogens is 1. The molecule has 0 saturated heterocycles. The van der Waals surface area contributed by atoms with Gasteiger partial charge < -0.3 is 10.6 Å². The standard InChI is InChI=1S/C16H22ClN3/c1-10-8-12(17)9-14-15(10)19-11(2)13(6-5-7-18)16(14)20(3)4/h8-9H,5-7,18H2,1-4H3. The van der Waals surface area contributed by atoms with E-state index in [0.29, 0.717) is 6.54 Å². The minimum absolute atomic E-state index is 0.693. The smallest absolute Gasteiger partial charge is 0.0756 e. The number of nitrogens with zero attached hydrogens (tertiary/aromatic N) is 2. The van der Waals surface area contributed by atoms with Gasteiger partial charge in [-0.3, -0.25) is 4.98 Å². The predicted molar refractivity (Wildman–Crippen MR) is 87.9 cm³/mol. The van der Waals surface area contributed by atoms with Crippen LogP contribution in [0.1, 0.15) is 23.2 Å². The number of nitrogens with two attached hydrogens (primary N) is 1. The van der Waals surface area contributed by atoms with Crippen molar-refractivity contribution in [1.29, 1.82) is 0 Å². The highest BCUT2D eigenvalue weighted by molar-refractivity contribution is 6.31. The van der Waals surface area contributed by atoms with Gasteiger partial charge in [0.15, 0.2) is 0 Å². The van der Waals surface area contributed by atoms with Crippen LogP contribution in [-0.4, -0.2) is 25.6 Å². The lowest BCUT2D eigenvalue weighted by Crippen LogP contribution is -2.15. The second kappa shape index (κ2) is 5.98. The molecule has 0 atom stereocenters. The van der Waals surface area contributed by atoms with Gasteiger partial charge in [0.2, 0.25) is 0 Å². The number of hydrogen-bond donors (Lipinski definition) is 1. The van der Waals surface area contributed by atoms with Gasteiger partial charge in [0.25, 0.3) is 0 Å². The molecule has 2 rings (SSSR count). The molecule has 0 amide bonds. The molecule has 2 aromatic rings. The maximum Gasteiger partial charge on any atom is 0.0756 e. The molecule has 0 radical (unpaired) electrons. The summed E-state index contributed by atoms with van der Waals surface area (Å²) in [7, 11) is 4.13. The van der Waals surface area contributed by atoms with E-state index in [1.165, 1.54) is 11.3 Å². The van der Waals surface area contributed by atoms with Crippen LogP contribution in [0.3, 0.4) is 0 Å². The lowest BCUT2D eigenvalue weighted by Gasteiger charge is -2.22. The van der Waals surface area contributed by atoms with Crippen molar-refractivity contribution < 1.29 is 0 Å². The Kier molecular flexibility index (Phi) is 4.51. The number of hydrogen-bond acceptors (Lipinski definition) is 3. The number of halogens is 1. The van der Waals surface area contributed by atoms with Gasteiger partial charge in [-0.1, -0.05) is 11.6 Å². The third-order valence-corrected chi connectivity index (χ3v) is 3.82. The zero-order chi connectivity index (χ0) is 14.9. The van der Waals surface area contributed by atoms with Crippen molar-refractivity contribution in [3.05, 3.63) is 34.0 Å². The first kappa shape index (κ1) is 15.1. The summed E-state index contributed by atoms with van der Waals surface area (Å²) in [6.45, 7) is 4.82. The summed E-state index contributed by atoms with van der Waals surface area (Å²) in [5, 5.41) is 1.88. The Morgan fingerprint density at radius 2 is 1.95 bits per heavy atom. The fourth-order valence-electron chi connectivity index (χ4n) is 2.72. The fourth-order valence-corrected chi connectivity index (χ4v) is 3.00. The molecular weight excluding hydrogens is 270 g/mol. The highest BCUT2D eigenvalue weighted by Crippen LogP contribution is 2.34. The molecule has 4 heteroatoms. The molecule has 108 valence electrons. The second-order valence-corrected chi connectivity index (χ2v) is 5.87. The number of aryl methyl sites for hydroxylation is 2. The Balaban J connectivity index is 2.79. The van der Waals surface area contributed by atoms with Gasteiger partial charge in [-0.25, -0.2) is 0 Å². The van der Waals surface area contributed by atoms with Crippen molar-refractivity contribution >= 4 is 28.2 Å². The second-order valence-electron chi connectivity index (χ2n) is 5.43. The van der Waals surface area contributed by atoms with Gasteiger partial charge >= 0.3 is 0 Å². The van der Waals surface area contributed by atoms with Crippen molar-refractivity contribution in [1.82, 2.24) is 4.98 Å². The minimum Gasteiger partial charge on any atom is -0.377 e. The molecule has 0 aliphatic heterocycles. The molecule has 0 unspecified atom stereocenters. The van der Waals surface area contributed by atoms with Crippen molar-refractivity contribution in [2.75, 3.05) is 25.5 Å². The van der Waals surface area contributed by atoms with Crippen LogP contribution in [0.4, 0.5) is 5.69 Å². The van der Waals surface area contributed by atoms with Crippen LogP contribution in [0.15, 0.2) is 12.1 Å². The average Bonchev–Trinajstić information content (AvgIpc) is 2.36. The fraction of sp³-hybridized carbons (Fsp3) is 0.438. The van der Waals surface area contributed by atoms with Gasteiger partial charge in [0.1, 0.15) is 0 Å². The predicted octanol–water partition coefficient (Wildman–Crippen LogP) is 3.46. The van der Waals surface area contributed by atoms with E-state index in [9.17, 15) is 0 Å². The van der Waals surface area contributed by atoms with Gasteiger partial charge in [-0.15, -0.1) is 0 Å². The third kappa shape index (κ3) is 2.74. The molecule has 0 fully saturated rings. The summed E-state index contributed by atoms with van der Waals surface area (Å²) in [6.07, 6.45) is 1.92. The summed E-state index contributed by atoms with van der Waals surface area (Å²) in [5.74, 6) is 0. The summed E-state index contributed by atoms with van der Waals surface area (Å²) in [6, 6.07) is 3.98. The van der Waals surface area contributed by atoms with Gasteiger partial charge in [-0.05, 0) is 56.5 Å². The lowest BCUT2D eigenvalue weighted by molar-refractivity contribution is 0.820. The van der Waals surface area contributed by atoms with Crippen molar-refractivity contribution in [3.63, 3.8) is 0 Å². The van der Waals surface area contributed by atoms with E-state index in [1.54, 1.807) is 0 Å². The van der Waals surface area contributed by atoms with Crippen LogP contribution in [-0.2, 0) is 6.42 Å². The van der Waals surface area contributed by atoms with Crippen LogP contribution < -0.4 is 10.6 Å². The van der Waals surface area contributed by atoms with E-state index in [2.05, 4.69) is 32.8 Å². The topological polar surface area (TPSA) is 42.2 Å². The highest BCUT2D eigenvalue weighted by atomic mass is 35.5. The first-order valence-corrected chi connectivity index (χ1v) is 7.30. The number of benzene rings is 1. The lowest BCUT2D eigenvalue weighted by atomic mass is 9.99. The Labute approximate surface area is 125 Å². The maximum absolute atomic E-state index is 6.23. The number of pyridine rings is 1. The average molecular weight is 292 g/mol. The summed E-state index contributed by atoms with van der Waals surface area (Å²) >= 11 is 6.23. The first-order valence-electron chi connectivity index (χ1n) is 6.92. The van der Waals surface area contributed by atoms with Gasteiger partial charge in [0, 0.05) is 30.2 Å². The molecule has 1 heterocycles. The molecule has 0 aliphatic carbocycles. The van der Waals surface area contributed by atoms with Crippen molar-refractivity contribution in [3.8, 4) is 0 Å². The van der Waals surface area contributed by atoms with Gasteiger partial charge in [-0.2, -0.15) is 0 Å². The zero-order valence-corrected chi connectivity index (χ0v) is 13.4. The Hall–Kier alpha value is -1.32. The summed E-state index contributed by atoms with van der Waals surface area (Å²) < 4.78 is 0. The molecule has 3 nitrogen and oxygen atoms in total. The zero-order valence-electron chi connectivity index (χ0n) is 12.6. The minimum atomic E-state index is 0.693. The molecule has 0 saturated carbocycles. The molecule has 0 bridgehead atoms. The molecular formula is C16H22ClN3. The normalized spacial score (nSPS) is 11.1. The quantitative estimate of drug-likeness (QED) is 0.938. The Morgan fingerprint density at radius 1 is 1.25 bits per heavy atom. The summed E-state index contributed by atoms with van der Waals surface area (Å²) in [5.41, 5.74) is 11.4. The highest BCUT2D eigenvalue weighted by Gasteiger charge is 2.15. The molecule has 0 aliphatic rings. The van der Waals surface area contributed by atoms with Crippen LogP contribution >= 0.6 is 11.6 Å². The summed E-state index contributed by atoms with van der Waals surface area (Å²) in [4.78, 5) is 6.94. The van der Waals surface area contributed by atoms with Crippen LogP contribution in [0.5, 0.6) is 0 Å². The molecule has 0 spiro atoms. The van der Waals surface area contributed by atoms with E-state index in [-0.39, 0.29) is 0 Å². The number of anilines is 1. The Bertz CT molecular complexity index is 635. The van der Waals surface area contributed by atoms with E-state index >= 15 is 0 Å². The third-order valence-electron chi connectivity index (χ3n) is 3.60. The van der Waals surface area contributed by atoms with E-state index in [1.807, 2.05) is 12.1 Å². The van der Waals surface area contributed by atoms with Crippen LogP contribution in [0.25, 0.3) is 10.9 Å². The van der Waals surface area contributed by atoms with E-state index < -0.39 is 0 Å². The molecule has 1 aromatic carbocycles. The van der Waals surface area contributed by atoms with E-state index in [0.717, 1.165) is 40.0 Å².